The SMILES string of the molecule is Cc1cnc(CNC(=O)CC2CCCNC2)o1. The quantitative estimate of drug-likeness (QED) is 0.819. The molecule has 1 atom stereocenters. The Labute approximate surface area is 101 Å². The normalized spacial score (nSPS) is 20.2. The van der Waals surface area contributed by atoms with Crippen molar-refractivity contribution in [2.75, 3.05) is 13.1 Å². The molecule has 0 radical (unpaired) electrons. The molecule has 0 saturated carbocycles. The maximum absolute atomic E-state index is 11.7. The molecule has 1 aliphatic heterocycles. The number of oxazole rings is 1. The van der Waals surface area contributed by atoms with E-state index in [1.807, 2.05) is 6.92 Å². The Bertz CT molecular complexity index is 370. The number of amides is 1. The van der Waals surface area contributed by atoms with Crippen LogP contribution in [0, 0.1) is 12.8 Å². The highest BCUT2D eigenvalue weighted by Crippen LogP contribution is 2.13. The van der Waals surface area contributed by atoms with E-state index in [-0.39, 0.29) is 5.91 Å². The number of nitrogens with one attached hydrogen (secondary N) is 2. The summed E-state index contributed by atoms with van der Waals surface area (Å²) in [5.41, 5.74) is 0. The largest absolute Gasteiger partial charge is 0.444 e. The van der Waals surface area contributed by atoms with Crippen LogP contribution in [0.1, 0.15) is 30.9 Å². The summed E-state index contributed by atoms with van der Waals surface area (Å²) in [4.78, 5) is 15.7. The van der Waals surface area contributed by atoms with Crippen molar-refractivity contribution >= 4 is 5.91 Å². The molecule has 1 aromatic rings. The van der Waals surface area contributed by atoms with Crippen LogP contribution in [-0.2, 0) is 11.3 Å². The van der Waals surface area contributed by atoms with Crippen molar-refractivity contribution in [3.8, 4) is 0 Å². The molecule has 0 spiro atoms. The minimum absolute atomic E-state index is 0.0783. The Morgan fingerprint density at radius 1 is 1.71 bits per heavy atom. The van der Waals surface area contributed by atoms with E-state index < -0.39 is 0 Å². The van der Waals surface area contributed by atoms with Gasteiger partial charge in [-0.1, -0.05) is 0 Å². The van der Waals surface area contributed by atoms with Crippen LogP contribution >= 0.6 is 0 Å². The maximum atomic E-state index is 11.7. The summed E-state index contributed by atoms with van der Waals surface area (Å²) >= 11 is 0. The molecule has 1 aromatic heterocycles. The molecule has 2 rings (SSSR count). The summed E-state index contributed by atoms with van der Waals surface area (Å²) in [6.07, 6.45) is 4.55. The molecule has 5 nitrogen and oxygen atoms in total. The first-order chi connectivity index (χ1) is 8.24. The topological polar surface area (TPSA) is 67.2 Å². The summed E-state index contributed by atoms with van der Waals surface area (Å²) < 4.78 is 5.29. The molecular formula is C12H19N3O2. The lowest BCUT2D eigenvalue weighted by atomic mass is 9.96. The monoisotopic (exact) mass is 237 g/mol. The number of piperidine rings is 1. The molecule has 1 aliphatic rings. The number of hydrogen-bond donors (Lipinski definition) is 2. The zero-order chi connectivity index (χ0) is 12.1. The highest BCUT2D eigenvalue weighted by atomic mass is 16.4. The summed E-state index contributed by atoms with van der Waals surface area (Å²) in [6.45, 7) is 4.25. The third kappa shape index (κ3) is 3.85. The third-order valence-corrected chi connectivity index (χ3v) is 2.98. The first-order valence-corrected chi connectivity index (χ1v) is 6.13. The first-order valence-electron chi connectivity index (χ1n) is 6.13. The van der Waals surface area contributed by atoms with Crippen molar-refractivity contribution < 1.29 is 9.21 Å². The summed E-state index contributed by atoms with van der Waals surface area (Å²) in [6, 6.07) is 0. The predicted molar refractivity (Wildman–Crippen MR) is 63.3 cm³/mol. The van der Waals surface area contributed by atoms with Gasteiger partial charge in [0.25, 0.3) is 0 Å². The summed E-state index contributed by atoms with van der Waals surface area (Å²) in [5, 5.41) is 6.14. The van der Waals surface area contributed by atoms with E-state index in [4.69, 9.17) is 4.42 Å². The molecule has 0 aliphatic carbocycles. The molecule has 1 amide bonds. The summed E-state index contributed by atoms with van der Waals surface area (Å²) in [7, 11) is 0. The van der Waals surface area contributed by atoms with Crippen molar-refractivity contribution in [3.05, 3.63) is 17.8 Å². The van der Waals surface area contributed by atoms with Crippen molar-refractivity contribution in [2.45, 2.75) is 32.7 Å². The minimum Gasteiger partial charge on any atom is -0.444 e. The van der Waals surface area contributed by atoms with Crippen LogP contribution in [0.5, 0.6) is 0 Å². The van der Waals surface area contributed by atoms with Gasteiger partial charge in [-0.05, 0) is 38.8 Å². The van der Waals surface area contributed by atoms with Gasteiger partial charge in [-0.15, -0.1) is 0 Å². The Kier molecular flexibility index (Phi) is 4.14. The lowest BCUT2D eigenvalue weighted by Gasteiger charge is -2.21. The van der Waals surface area contributed by atoms with Crippen LogP contribution in [0.2, 0.25) is 0 Å². The average Bonchev–Trinajstić information content (AvgIpc) is 2.74. The molecule has 0 bridgehead atoms. The van der Waals surface area contributed by atoms with Crippen LogP contribution in [0.25, 0.3) is 0 Å². The van der Waals surface area contributed by atoms with E-state index in [0.29, 0.717) is 24.8 Å². The number of aryl methyl sites for hydroxylation is 1. The standard InChI is InChI=1S/C12H19N3O2/c1-9-6-15-12(17-9)8-14-11(16)5-10-3-2-4-13-7-10/h6,10,13H,2-5,7-8H2,1H3,(H,14,16). The Morgan fingerprint density at radius 2 is 2.59 bits per heavy atom. The lowest BCUT2D eigenvalue weighted by Crippen LogP contribution is -2.34. The number of carbonyl (C=O) groups excluding carboxylic acids is 1. The van der Waals surface area contributed by atoms with E-state index in [0.717, 1.165) is 31.7 Å². The Morgan fingerprint density at radius 3 is 3.24 bits per heavy atom. The molecule has 1 fully saturated rings. The van der Waals surface area contributed by atoms with Crippen molar-refractivity contribution in [1.82, 2.24) is 15.6 Å². The molecule has 2 heterocycles. The molecular weight excluding hydrogens is 218 g/mol. The smallest absolute Gasteiger partial charge is 0.220 e. The predicted octanol–water partition coefficient (Wildman–Crippen LogP) is 0.989. The van der Waals surface area contributed by atoms with Gasteiger partial charge in [-0.2, -0.15) is 0 Å². The Balaban J connectivity index is 1.70. The summed E-state index contributed by atoms with van der Waals surface area (Å²) in [5.74, 6) is 1.88. The number of nitrogens with zero attached hydrogens (tertiary/aromatic N) is 1. The second-order valence-corrected chi connectivity index (χ2v) is 4.56. The third-order valence-electron chi connectivity index (χ3n) is 2.98. The van der Waals surface area contributed by atoms with E-state index in [1.54, 1.807) is 6.20 Å². The van der Waals surface area contributed by atoms with Gasteiger partial charge >= 0.3 is 0 Å². The van der Waals surface area contributed by atoms with E-state index in [2.05, 4.69) is 15.6 Å². The van der Waals surface area contributed by atoms with Crippen LogP contribution < -0.4 is 10.6 Å². The number of aromatic nitrogens is 1. The van der Waals surface area contributed by atoms with E-state index in [1.165, 1.54) is 0 Å². The van der Waals surface area contributed by atoms with E-state index in [9.17, 15) is 4.79 Å². The minimum atomic E-state index is 0.0783. The number of hydrogen-bond acceptors (Lipinski definition) is 4. The maximum Gasteiger partial charge on any atom is 0.220 e. The first kappa shape index (κ1) is 12.1. The Hall–Kier alpha value is -1.36. The number of carbonyl (C=O) groups is 1. The van der Waals surface area contributed by atoms with Gasteiger partial charge < -0.3 is 15.1 Å². The van der Waals surface area contributed by atoms with Gasteiger partial charge in [-0.25, -0.2) is 4.98 Å². The van der Waals surface area contributed by atoms with Gasteiger partial charge in [0.2, 0.25) is 11.8 Å². The van der Waals surface area contributed by atoms with Gasteiger partial charge in [0.1, 0.15) is 5.76 Å². The van der Waals surface area contributed by atoms with Gasteiger partial charge in [0.15, 0.2) is 0 Å². The fourth-order valence-corrected chi connectivity index (χ4v) is 2.09. The lowest BCUT2D eigenvalue weighted by molar-refractivity contribution is -0.122. The van der Waals surface area contributed by atoms with Crippen LogP contribution in [0.4, 0.5) is 0 Å². The number of rotatable bonds is 4. The zero-order valence-corrected chi connectivity index (χ0v) is 10.2. The van der Waals surface area contributed by atoms with Crippen LogP contribution in [-0.4, -0.2) is 24.0 Å². The zero-order valence-electron chi connectivity index (χ0n) is 10.2. The fourth-order valence-electron chi connectivity index (χ4n) is 2.09. The van der Waals surface area contributed by atoms with E-state index >= 15 is 0 Å². The molecule has 1 saturated heterocycles. The van der Waals surface area contributed by atoms with Crippen molar-refractivity contribution in [2.24, 2.45) is 5.92 Å². The fraction of sp³-hybridized carbons (Fsp3) is 0.667. The highest BCUT2D eigenvalue weighted by Gasteiger charge is 2.16. The van der Waals surface area contributed by atoms with Gasteiger partial charge in [0, 0.05) is 6.42 Å². The molecule has 94 valence electrons. The second kappa shape index (κ2) is 5.82. The van der Waals surface area contributed by atoms with Crippen molar-refractivity contribution in [1.29, 1.82) is 0 Å². The molecule has 0 aromatic carbocycles. The molecule has 2 N–H and O–H groups in total. The van der Waals surface area contributed by atoms with Gasteiger partial charge in [-0.3, -0.25) is 4.79 Å². The second-order valence-electron chi connectivity index (χ2n) is 4.56. The molecule has 17 heavy (non-hydrogen) atoms. The highest BCUT2D eigenvalue weighted by molar-refractivity contribution is 5.76. The van der Waals surface area contributed by atoms with Gasteiger partial charge in [0.05, 0.1) is 12.7 Å². The van der Waals surface area contributed by atoms with Crippen LogP contribution in [0.3, 0.4) is 0 Å². The molecule has 5 heteroatoms. The molecule has 1 unspecified atom stereocenters. The van der Waals surface area contributed by atoms with Crippen molar-refractivity contribution in [3.63, 3.8) is 0 Å². The van der Waals surface area contributed by atoms with Crippen LogP contribution in [0.15, 0.2) is 10.6 Å². The average molecular weight is 237 g/mol.